The Morgan fingerprint density at radius 2 is 2.18 bits per heavy atom. The van der Waals surface area contributed by atoms with E-state index in [1.54, 1.807) is 4.90 Å². The van der Waals surface area contributed by atoms with Gasteiger partial charge in [0.1, 0.15) is 0 Å². The zero-order valence-electron chi connectivity index (χ0n) is 10.2. The molecule has 1 heterocycles. The van der Waals surface area contributed by atoms with Crippen LogP contribution in [0.15, 0.2) is 0 Å². The van der Waals surface area contributed by atoms with Gasteiger partial charge in [0.15, 0.2) is 0 Å². The fraction of sp³-hybridized carbons (Fsp3) is 0.833. The molecule has 1 aliphatic carbocycles. The monoisotopic (exact) mass is 239 g/mol. The van der Waals surface area contributed by atoms with Gasteiger partial charge in [0.05, 0.1) is 6.54 Å². The molecule has 0 radical (unpaired) electrons. The molecule has 2 fully saturated rings. The zero-order chi connectivity index (χ0) is 12.3. The molecule has 2 amide bonds. The van der Waals surface area contributed by atoms with Gasteiger partial charge in [-0.2, -0.15) is 0 Å². The maximum atomic E-state index is 12.0. The first-order chi connectivity index (χ1) is 8.16. The van der Waals surface area contributed by atoms with Crippen LogP contribution in [0.2, 0.25) is 0 Å². The summed E-state index contributed by atoms with van der Waals surface area (Å²) in [6, 6.07) is 0.159. The van der Waals surface area contributed by atoms with Crippen LogP contribution in [-0.2, 0) is 9.59 Å². The molecule has 0 aromatic rings. The van der Waals surface area contributed by atoms with Crippen molar-refractivity contribution in [3.63, 3.8) is 0 Å². The van der Waals surface area contributed by atoms with E-state index < -0.39 is 0 Å². The fourth-order valence-electron chi connectivity index (χ4n) is 2.69. The zero-order valence-corrected chi connectivity index (χ0v) is 10.2. The van der Waals surface area contributed by atoms with Gasteiger partial charge in [0, 0.05) is 25.6 Å². The van der Waals surface area contributed by atoms with Crippen LogP contribution in [0.25, 0.3) is 0 Å². The van der Waals surface area contributed by atoms with Crippen molar-refractivity contribution in [3.05, 3.63) is 0 Å². The molecule has 0 spiro atoms. The summed E-state index contributed by atoms with van der Waals surface area (Å²) in [6.45, 7) is 1.41. The Morgan fingerprint density at radius 3 is 2.88 bits per heavy atom. The molecule has 3 N–H and O–H groups in total. The van der Waals surface area contributed by atoms with Crippen LogP contribution < -0.4 is 11.1 Å². The summed E-state index contributed by atoms with van der Waals surface area (Å²) in [5, 5.41) is 2.72. The quantitative estimate of drug-likeness (QED) is 0.704. The van der Waals surface area contributed by atoms with Gasteiger partial charge in [-0.15, -0.1) is 0 Å². The van der Waals surface area contributed by atoms with Crippen molar-refractivity contribution in [3.8, 4) is 0 Å². The lowest BCUT2D eigenvalue weighted by molar-refractivity contribution is -0.139. The number of nitrogens with one attached hydrogen (secondary N) is 1. The molecule has 2 rings (SSSR count). The molecular weight excluding hydrogens is 218 g/mol. The molecule has 5 heteroatoms. The van der Waals surface area contributed by atoms with E-state index >= 15 is 0 Å². The van der Waals surface area contributed by atoms with E-state index in [1.165, 1.54) is 12.8 Å². The SMILES string of the molecule is NC1CCCCC1CC(=O)N1CCNC(=O)C1. The third-order valence-electron chi connectivity index (χ3n) is 3.80. The number of carbonyl (C=O) groups is 2. The lowest BCUT2D eigenvalue weighted by Crippen LogP contribution is -2.50. The van der Waals surface area contributed by atoms with Crippen molar-refractivity contribution < 1.29 is 9.59 Å². The molecular formula is C12H21N3O2. The van der Waals surface area contributed by atoms with E-state index in [0.29, 0.717) is 25.4 Å². The average molecular weight is 239 g/mol. The largest absolute Gasteiger partial charge is 0.353 e. The molecule has 1 aliphatic heterocycles. The van der Waals surface area contributed by atoms with E-state index in [1.807, 2.05) is 0 Å². The Labute approximate surface area is 102 Å². The maximum absolute atomic E-state index is 12.0. The first-order valence-electron chi connectivity index (χ1n) is 6.47. The Kier molecular flexibility index (Phi) is 3.99. The first-order valence-corrected chi connectivity index (χ1v) is 6.47. The fourth-order valence-corrected chi connectivity index (χ4v) is 2.69. The number of nitrogens with two attached hydrogens (primary N) is 1. The van der Waals surface area contributed by atoms with Gasteiger partial charge < -0.3 is 16.0 Å². The second-order valence-corrected chi connectivity index (χ2v) is 5.08. The summed E-state index contributed by atoms with van der Waals surface area (Å²) in [7, 11) is 0. The van der Waals surface area contributed by atoms with Crippen molar-refractivity contribution in [1.82, 2.24) is 10.2 Å². The van der Waals surface area contributed by atoms with E-state index in [4.69, 9.17) is 5.73 Å². The third kappa shape index (κ3) is 3.19. The summed E-state index contributed by atoms with van der Waals surface area (Å²) >= 11 is 0. The Morgan fingerprint density at radius 1 is 1.41 bits per heavy atom. The molecule has 2 atom stereocenters. The van der Waals surface area contributed by atoms with Crippen LogP contribution in [0.4, 0.5) is 0 Å². The predicted molar refractivity (Wildman–Crippen MR) is 64.1 cm³/mol. The minimum Gasteiger partial charge on any atom is -0.353 e. The van der Waals surface area contributed by atoms with Crippen LogP contribution >= 0.6 is 0 Å². The summed E-state index contributed by atoms with van der Waals surface area (Å²) < 4.78 is 0. The molecule has 1 saturated heterocycles. The minimum atomic E-state index is -0.0578. The molecule has 2 unspecified atom stereocenters. The molecule has 2 aliphatic rings. The molecule has 96 valence electrons. The second kappa shape index (κ2) is 5.49. The molecule has 0 aromatic carbocycles. The highest BCUT2D eigenvalue weighted by molar-refractivity contribution is 5.86. The third-order valence-corrected chi connectivity index (χ3v) is 3.80. The summed E-state index contributed by atoms with van der Waals surface area (Å²) in [5.74, 6) is 0.334. The number of amides is 2. The van der Waals surface area contributed by atoms with Gasteiger partial charge in [0.25, 0.3) is 0 Å². The number of hydrogen-bond donors (Lipinski definition) is 2. The highest BCUT2D eigenvalue weighted by Gasteiger charge is 2.28. The Balaban J connectivity index is 1.85. The minimum absolute atomic E-state index is 0.0578. The topological polar surface area (TPSA) is 75.4 Å². The highest BCUT2D eigenvalue weighted by atomic mass is 16.2. The normalized spacial score (nSPS) is 29.9. The maximum Gasteiger partial charge on any atom is 0.239 e. The molecule has 17 heavy (non-hydrogen) atoms. The van der Waals surface area contributed by atoms with E-state index in [0.717, 1.165) is 12.8 Å². The predicted octanol–water partition coefficient (Wildman–Crippen LogP) is -0.148. The molecule has 1 saturated carbocycles. The number of hydrogen-bond acceptors (Lipinski definition) is 3. The summed E-state index contributed by atoms with van der Waals surface area (Å²) in [6.07, 6.45) is 4.93. The standard InChI is InChI=1S/C12H21N3O2/c13-10-4-2-1-3-9(10)7-12(17)15-6-5-14-11(16)8-15/h9-10H,1-8,13H2,(H,14,16). The molecule has 0 aromatic heterocycles. The number of rotatable bonds is 2. The number of piperazine rings is 1. The molecule has 5 nitrogen and oxygen atoms in total. The van der Waals surface area contributed by atoms with Crippen LogP contribution in [0.1, 0.15) is 32.1 Å². The van der Waals surface area contributed by atoms with Gasteiger partial charge in [-0.3, -0.25) is 9.59 Å². The average Bonchev–Trinajstić information content (AvgIpc) is 2.32. The first kappa shape index (κ1) is 12.4. The van der Waals surface area contributed by atoms with Crippen LogP contribution in [0.5, 0.6) is 0 Å². The summed E-state index contributed by atoms with van der Waals surface area (Å²) in [5.41, 5.74) is 6.03. The van der Waals surface area contributed by atoms with Crippen LogP contribution in [-0.4, -0.2) is 42.4 Å². The van der Waals surface area contributed by atoms with Crippen molar-refractivity contribution in [2.45, 2.75) is 38.1 Å². The second-order valence-electron chi connectivity index (χ2n) is 5.08. The smallest absolute Gasteiger partial charge is 0.239 e. The van der Waals surface area contributed by atoms with Gasteiger partial charge in [-0.1, -0.05) is 12.8 Å². The van der Waals surface area contributed by atoms with Crippen molar-refractivity contribution in [1.29, 1.82) is 0 Å². The Bertz CT molecular complexity index is 306. The summed E-state index contributed by atoms with van der Waals surface area (Å²) in [4.78, 5) is 24.9. The van der Waals surface area contributed by atoms with Gasteiger partial charge in [0.2, 0.25) is 11.8 Å². The van der Waals surface area contributed by atoms with Crippen molar-refractivity contribution in [2.24, 2.45) is 11.7 Å². The van der Waals surface area contributed by atoms with Crippen molar-refractivity contribution in [2.75, 3.05) is 19.6 Å². The van der Waals surface area contributed by atoms with Gasteiger partial charge >= 0.3 is 0 Å². The van der Waals surface area contributed by atoms with E-state index in [2.05, 4.69) is 5.32 Å². The van der Waals surface area contributed by atoms with Gasteiger partial charge in [-0.25, -0.2) is 0 Å². The van der Waals surface area contributed by atoms with Crippen LogP contribution in [0.3, 0.4) is 0 Å². The van der Waals surface area contributed by atoms with Crippen molar-refractivity contribution >= 4 is 11.8 Å². The van der Waals surface area contributed by atoms with Crippen LogP contribution in [0, 0.1) is 5.92 Å². The number of carbonyl (C=O) groups excluding carboxylic acids is 2. The number of nitrogens with zero attached hydrogens (tertiary/aromatic N) is 1. The van der Waals surface area contributed by atoms with E-state index in [-0.39, 0.29) is 24.4 Å². The lowest BCUT2D eigenvalue weighted by atomic mass is 9.82. The lowest BCUT2D eigenvalue weighted by Gasteiger charge is -2.32. The molecule has 0 bridgehead atoms. The van der Waals surface area contributed by atoms with Gasteiger partial charge in [-0.05, 0) is 18.8 Å². The van der Waals surface area contributed by atoms with E-state index in [9.17, 15) is 9.59 Å². The Hall–Kier alpha value is -1.10. The highest BCUT2D eigenvalue weighted by Crippen LogP contribution is 2.26.